The minimum absolute atomic E-state index is 0.413. The van der Waals surface area contributed by atoms with E-state index in [9.17, 15) is 4.39 Å². The Kier molecular flexibility index (Phi) is 3.19. The van der Waals surface area contributed by atoms with Crippen LogP contribution in [-0.4, -0.2) is 11.0 Å². The molecule has 15 heavy (non-hydrogen) atoms. The quantitative estimate of drug-likeness (QED) is 0.755. The van der Waals surface area contributed by atoms with Crippen molar-refractivity contribution in [3.8, 4) is 0 Å². The minimum Gasteiger partial charge on any atom is -0.367 e. The smallest absolute Gasteiger partial charge is 0.214 e. The van der Waals surface area contributed by atoms with Gasteiger partial charge in [-0.2, -0.15) is 4.39 Å². The Hall–Kier alpha value is -1.12. The van der Waals surface area contributed by atoms with Crippen LogP contribution in [0.4, 0.5) is 10.2 Å². The Balaban J connectivity index is 1.92. The van der Waals surface area contributed by atoms with Gasteiger partial charge in [-0.3, -0.25) is 0 Å². The minimum atomic E-state index is -0.413. The first-order valence-corrected chi connectivity index (χ1v) is 5.63. The van der Waals surface area contributed by atoms with Gasteiger partial charge >= 0.3 is 0 Å². The van der Waals surface area contributed by atoms with E-state index in [1.165, 1.54) is 31.7 Å². The third kappa shape index (κ3) is 2.91. The fourth-order valence-electron chi connectivity index (χ4n) is 2.10. The number of pyridine rings is 1. The van der Waals surface area contributed by atoms with Gasteiger partial charge in [-0.25, -0.2) is 4.98 Å². The molecule has 0 aliphatic heterocycles. The topological polar surface area (TPSA) is 24.9 Å². The molecule has 82 valence electrons. The molecule has 0 atom stereocenters. The molecule has 1 fully saturated rings. The van der Waals surface area contributed by atoms with Gasteiger partial charge in [0.2, 0.25) is 5.95 Å². The molecule has 0 radical (unpaired) electrons. The average Bonchev–Trinajstić information content (AvgIpc) is 2.22. The fraction of sp³-hybridized carbons (Fsp3) is 0.583. The van der Waals surface area contributed by atoms with Gasteiger partial charge in [-0.05, 0) is 43.7 Å². The SMILES string of the molecule is CC1CCC(Nc2cccc(F)n2)CC1. The highest BCUT2D eigenvalue weighted by atomic mass is 19.1. The van der Waals surface area contributed by atoms with Gasteiger partial charge in [0.15, 0.2) is 0 Å². The van der Waals surface area contributed by atoms with Crippen LogP contribution in [0.2, 0.25) is 0 Å². The van der Waals surface area contributed by atoms with Crippen molar-refractivity contribution < 1.29 is 4.39 Å². The fourth-order valence-corrected chi connectivity index (χ4v) is 2.10. The maximum absolute atomic E-state index is 12.8. The first-order valence-electron chi connectivity index (χ1n) is 5.63. The Labute approximate surface area is 89.9 Å². The van der Waals surface area contributed by atoms with Gasteiger partial charge in [-0.1, -0.05) is 13.0 Å². The van der Waals surface area contributed by atoms with Crippen LogP contribution in [0.3, 0.4) is 0 Å². The van der Waals surface area contributed by atoms with Crippen LogP contribution >= 0.6 is 0 Å². The molecule has 0 unspecified atom stereocenters. The Bertz CT molecular complexity index is 319. The second-order valence-electron chi connectivity index (χ2n) is 4.45. The van der Waals surface area contributed by atoms with Crippen LogP contribution in [0, 0.1) is 11.9 Å². The van der Waals surface area contributed by atoms with E-state index in [-0.39, 0.29) is 0 Å². The van der Waals surface area contributed by atoms with Crippen molar-refractivity contribution in [3.63, 3.8) is 0 Å². The van der Waals surface area contributed by atoms with Crippen LogP contribution in [0.25, 0.3) is 0 Å². The largest absolute Gasteiger partial charge is 0.367 e. The highest BCUT2D eigenvalue weighted by Gasteiger charge is 2.18. The van der Waals surface area contributed by atoms with Gasteiger partial charge in [0.1, 0.15) is 5.82 Å². The van der Waals surface area contributed by atoms with Crippen molar-refractivity contribution in [2.75, 3.05) is 5.32 Å². The summed E-state index contributed by atoms with van der Waals surface area (Å²) in [6, 6.07) is 5.35. The number of hydrogen-bond donors (Lipinski definition) is 1. The summed E-state index contributed by atoms with van der Waals surface area (Å²) in [6.45, 7) is 2.29. The highest BCUT2D eigenvalue weighted by Crippen LogP contribution is 2.25. The number of nitrogens with zero attached hydrogens (tertiary/aromatic N) is 1. The molecule has 0 spiro atoms. The lowest BCUT2D eigenvalue weighted by Gasteiger charge is -2.27. The maximum atomic E-state index is 12.8. The van der Waals surface area contributed by atoms with E-state index < -0.39 is 5.95 Å². The van der Waals surface area contributed by atoms with Gasteiger partial charge < -0.3 is 5.32 Å². The van der Waals surface area contributed by atoms with Crippen molar-refractivity contribution in [1.82, 2.24) is 4.98 Å². The number of hydrogen-bond acceptors (Lipinski definition) is 2. The Morgan fingerprint density at radius 1 is 1.27 bits per heavy atom. The normalized spacial score (nSPS) is 26.3. The average molecular weight is 208 g/mol. The summed E-state index contributed by atoms with van der Waals surface area (Å²) in [4.78, 5) is 3.81. The van der Waals surface area contributed by atoms with Crippen LogP contribution in [-0.2, 0) is 0 Å². The second kappa shape index (κ2) is 4.60. The first kappa shape index (κ1) is 10.4. The predicted octanol–water partition coefficient (Wildman–Crippen LogP) is 3.21. The third-order valence-electron chi connectivity index (χ3n) is 3.08. The summed E-state index contributed by atoms with van der Waals surface area (Å²) in [5.74, 6) is 1.09. The van der Waals surface area contributed by atoms with E-state index in [4.69, 9.17) is 0 Å². The molecule has 3 heteroatoms. The Morgan fingerprint density at radius 2 is 2.00 bits per heavy atom. The number of rotatable bonds is 2. The van der Waals surface area contributed by atoms with Crippen LogP contribution in [0.1, 0.15) is 32.6 Å². The van der Waals surface area contributed by atoms with Crippen LogP contribution in [0.15, 0.2) is 18.2 Å². The van der Waals surface area contributed by atoms with E-state index in [2.05, 4.69) is 17.2 Å². The van der Waals surface area contributed by atoms with Crippen molar-refractivity contribution in [1.29, 1.82) is 0 Å². The Morgan fingerprint density at radius 3 is 2.67 bits per heavy atom. The molecule has 0 aromatic carbocycles. The summed E-state index contributed by atoms with van der Waals surface area (Å²) in [6.07, 6.45) is 4.85. The van der Waals surface area contributed by atoms with Gasteiger partial charge in [-0.15, -0.1) is 0 Å². The summed E-state index contributed by atoms with van der Waals surface area (Å²) in [5.41, 5.74) is 0. The molecule has 2 rings (SSSR count). The van der Waals surface area contributed by atoms with Crippen molar-refractivity contribution in [2.24, 2.45) is 5.92 Å². The molecule has 1 aromatic rings. The number of halogens is 1. The third-order valence-corrected chi connectivity index (χ3v) is 3.08. The first-order chi connectivity index (χ1) is 7.24. The van der Waals surface area contributed by atoms with Gasteiger partial charge in [0.25, 0.3) is 0 Å². The number of nitrogens with one attached hydrogen (secondary N) is 1. The highest BCUT2D eigenvalue weighted by molar-refractivity contribution is 5.34. The van der Waals surface area contributed by atoms with E-state index in [0.29, 0.717) is 11.9 Å². The zero-order valence-corrected chi connectivity index (χ0v) is 9.04. The van der Waals surface area contributed by atoms with Crippen molar-refractivity contribution in [3.05, 3.63) is 24.1 Å². The standard InChI is InChI=1S/C12H17FN2/c1-9-5-7-10(8-6-9)14-12-4-2-3-11(13)15-12/h2-4,9-10H,5-8H2,1H3,(H,14,15). The molecule has 1 aliphatic rings. The second-order valence-corrected chi connectivity index (χ2v) is 4.45. The lowest BCUT2D eigenvalue weighted by atomic mass is 9.87. The van der Waals surface area contributed by atoms with Crippen LogP contribution in [0.5, 0.6) is 0 Å². The predicted molar refractivity (Wildman–Crippen MR) is 59.2 cm³/mol. The van der Waals surface area contributed by atoms with Gasteiger partial charge in [0, 0.05) is 6.04 Å². The molecular weight excluding hydrogens is 191 g/mol. The summed E-state index contributed by atoms with van der Waals surface area (Å²) in [7, 11) is 0. The van der Waals surface area contributed by atoms with E-state index in [0.717, 1.165) is 5.92 Å². The molecule has 1 aliphatic carbocycles. The zero-order chi connectivity index (χ0) is 10.7. The van der Waals surface area contributed by atoms with Crippen molar-refractivity contribution >= 4 is 5.82 Å². The summed E-state index contributed by atoms with van der Waals surface area (Å²) < 4.78 is 12.8. The lowest BCUT2D eigenvalue weighted by Crippen LogP contribution is -2.25. The molecule has 1 heterocycles. The van der Waals surface area contributed by atoms with E-state index in [1.54, 1.807) is 6.07 Å². The molecule has 1 aromatic heterocycles. The summed E-state index contributed by atoms with van der Waals surface area (Å²) >= 11 is 0. The van der Waals surface area contributed by atoms with E-state index >= 15 is 0 Å². The lowest BCUT2D eigenvalue weighted by molar-refractivity contribution is 0.360. The number of anilines is 1. The monoisotopic (exact) mass is 208 g/mol. The van der Waals surface area contributed by atoms with Crippen molar-refractivity contribution in [2.45, 2.75) is 38.6 Å². The molecular formula is C12H17FN2. The molecule has 2 nitrogen and oxygen atoms in total. The van der Waals surface area contributed by atoms with Crippen LogP contribution < -0.4 is 5.32 Å². The zero-order valence-electron chi connectivity index (χ0n) is 9.04. The summed E-state index contributed by atoms with van der Waals surface area (Å²) in [5, 5.41) is 3.29. The molecule has 0 saturated heterocycles. The maximum Gasteiger partial charge on any atom is 0.214 e. The number of aromatic nitrogens is 1. The van der Waals surface area contributed by atoms with E-state index in [1.807, 2.05) is 6.07 Å². The molecule has 1 saturated carbocycles. The molecule has 1 N–H and O–H groups in total. The van der Waals surface area contributed by atoms with Gasteiger partial charge in [0.05, 0.1) is 0 Å². The molecule has 0 amide bonds. The molecule has 0 bridgehead atoms.